The molecule has 0 aromatic heterocycles. The summed E-state index contributed by atoms with van der Waals surface area (Å²) in [5.41, 5.74) is 1.46. The summed E-state index contributed by atoms with van der Waals surface area (Å²) in [6, 6.07) is 8.25. The van der Waals surface area contributed by atoms with Gasteiger partial charge in [-0.2, -0.15) is 0 Å². The van der Waals surface area contributed by atoms with Crippen LogP contribution in [0.4, 0.5) is 0 Å². The molecule has 12 heavy (non-hydrogen) atoms. The molecule has 0 amide bonds. The molecular weight excluding hydrogens is 168 g/mol. The second kappa shape index (κ2) is 3.95. The van der Waals surface area contributed by atoms with Gasteiger partial charge in [-0.05, 0) is 36.5 Å². The average Bonchev–Trinajstić information content (AvgIpc) is 1.90. The van der Waals surface area contributed by atoms with Crippen LogP contribution < -0.4 is 0 Å². The molecule has 0 unspecified atom stereocenters. The fourth-order valence-electron chi connectivity index (χ4n) is 1.48. The van der Waals surface area contributed by atoms with Crippen molar-refractivity contribution in [2.75, 3.05) is 0 Å². The lowest BCUT2D eigenvalue weighted by Gasteiger charge is -2.25. The van der Waals surface area contributed by atoms with Gasteiger partial charge in [-0.15, -0.1) is 0 Å². The average molecular weight is 183 g/mol. The normalized spacial score (nSPS) is 16.4. The van der Waals surface area contributed by atoms with Crippen LogP contribution in [-0.4, -0.2) is 0 Å². The third kappa shape index (κ3) is 1.81. The number of halogens is 1. The van der Waals surface area contributed by atoms with Crippen molar-refractivity contribution in [1.82, 2.24) is 0 Å². The molecule has 0 aliphatic heterocycles. The Morgan fingerprint density at radius 3 is 2.08 bits per heavy atom. The molecule has 1 aromatic carbocycles. The van der Waals surface area contributed by atoms with Gasteiger partial charge in [0, 0.05) is 5.02 Å². The zero-order valence-electron chi connectivity index (χ0n) is 6.39. The number of hydrogen-bond donors (Lipinski definition) is 0. The Labute approximate surface area is 79.6 Å². The van der Waals surface area contributed by atoms with Gasteiger partial charge in [-0.1, -0.05) is 37.6 Å². The van der Waals surface area contributed by atoms with E-state index in [-0.39, 0.29) is 7.43 Å². The summed E-state index contributed by atoms with van der Waals surface area (Å²) >= 11 is 5.78. The van der Waals surface area contributed by atoms with E-state index in [2.05, 4.69) is 12.1 Å². The first-order valence-corrected chi connectivity index (χ1v) is 4.49. The molecule has 1 aromatic rings. The van der Waals surface area contributed by atoms with Gasteiger partial charge in [0.15, 0.2) is 0 Å². The van der Waals surface area contributed by atoms with E-state index in [1.165, 1.54) is 24.8 Å². The molecule has 0 radical (unpaired) electrons. The van der Waals surface area contributed by atoms with Crippen molar-refractivity contribution in [2.24, 2.45) is 0 Å². The standard InChI is InChI=1S/C10H11Cl.CH4/c11-10-6-4-9(5-7-10)8-2-1-3-8;/h4-8H,1-3H2;1H4. The molecule has 1 aliphatic rings. The van der Waals surface area contributed by atoms with Crippen LogP contribution in [0, 0.1) is 0 Å². The topological polar surface area (TPSA) is 0 Å². The fraction of sp³-hybridized carbons (Fsp3) is 0.455. The number of rotatable bonds is 1. The van der Waals surface area contributed by atoms with Crippen LogP contribution in [0.5, 0.6) is 0 Å². The Kier molecular flexibility index (Phi) is 3.16. The molecule has 0 spiro atoms. The van der Waals surface area contributed by atoms with Gasteiger partial charge in [0.25, 0.3) is 0 Å². The molecule has 0 atom stereocenters. The molecule has 0 bridgehead atoms. The maximum Gasteiger partial charge on any atom is 0.0406 e. The summed E-state index contributed by atoms with van der Waals surface area (Å²) in [4.78, 5) is 0. The van der Waals surface area contributed by atoms with E-state index in [0.29, 0.717) is 0 Å². The molecule has 0 N–H and O–H groups in total. The molecule has 1 saturated carbocycles. The smallest absolute Gasteiger partial charge is 0.0406 e. The minimum absolute atomic E-state index is 0. The largest absolute Gasteiger partial charge is 0.0843 e. The molecule has 1 fully saturated rings. The third-order valence-corrected chi connectivity index (χ3v) is 2.70. The highest BCUT2D eigenvalue weighted by atomic mass is 35.5. The van der Waals surface area contributed by atoms with E-state index in [0.717, 1.165) is 10.9 Å². The molecule has 66 valence electrons. The zero-order valence-corrected chi connectivity index (χ0v) is 7.14. The van der Waals surface area contributed by atoms with Crippen LogP contribution in [0.2, 0.25) is 5.02 Å². The van der Waals surface area contributed by atoms with E-state index in [9.17, 15) is 0 Å². The summed E-state index contributed by atoms with van der Waals surface area (Å²) in [7, 11) is 0. The van der Waals surface area contributed by atoms with Crippen molar-refractivity contribution in [3.8, 4) is 0 Å². The van der Waals surface area contributed by atoms with Gasteiger partial charge < -0.3 is 0 Å². The highest BCUT2D eigenvalue weighted by molar-refractivity contribution is 6.30. The Balaban J connectivity index is 0.000000720. The summed E-state index contributed by atoms with van der Waals surface area (Å²) in [5, 5.41) is 0.841. The quantitative estimate of drug-likeness (QED) is 0.610. The lowest BCUT2D eigenvalue weighted by Crippen LogP contribution is -2.07. The van der Waals surface area contributed by atoms with Crippen LogP contribution in [0.25, 0.3) is 0 Å². The first kappa shape index (κ1) is 9.60. The monoisotopic (exact) mass is 182 g/mol. The van der Waals surface area contributed by atoms with Crippen molar-refractivity contribution >= 4 is 11.6 Å². The Hall–Kier alpha value is -0.490. The van der Waals surface area contributed by atoms with Gasteiger partial charge in [-0.3, -0.25) is 0 Å². The van der Waals surface area contributed by atoms with Crippen molar-refractivity contribution in [2.45, 2.75) is 32.6 Å². The highest BCUT2D eigenvalue weighted by Gasteiger charge is 2.18. The van der Waals surface area contributed by atoms with Crippen LogP contribution in [0.1, 0.15) is 38.2 Å². The first-order valence-electron chi connectivity index (χ1n) is 4.12. The van der Waals surface area contributed by atoms with E-state index >= 15 is 0 Å². The fourth-order valence-corrected chi connectivity index (χ4v) is 1.60. The van der Waals surface area contributed by atoms with E-state index in [1.807, 2.05) is 12.1 Å². The van der Waals surface area contributed by atoms with Gasteiger partial charge in [0.2, 0.25) is 0 Å². The lowest BCUT2D eigenvalue weighted by atomic mass is 9.80. The van der Waals surface area contributed by atoms with E-state index in [1.54, 1.807) is 0 Å². The highest BCUT2D eigenvalue weighted by Crippen LogP contribution is 2.36. The maximum absolute atomic E-state index is 5.78. The van der Waals surface area contributed by atoms with Gasteiger partial charge in [0.05, 0.1) is 0 Å². The van der Waals surface area contributed by atoms with Crippen molar-refractivity contribution in [1.29, 1.82) is 0 Å². The van der Waals surface area contributed by atoms with E-state index < -0.39 is 0 Å². The van der Waals surface area contributed by atoms with Crippen LogP contribution >= 0.6 is 11.6 Å². The summed E-state index contributed by atoms with van der Waals surface area (Å²) in [5.74, 6) is 0.826. The van der Waals surface area contributed by atoms with Crippen LogP contribution in [0.3, 0.4) is 0 Å². The Morgan fingerprint density at radius 2 is 1.67 bits per heavy atom. The predicted octanol–water partition coefficient (Wildman–Crippen LogP) is 4.24. The minimum Gasteiger partial charge on any atom is -0.0843 e. The summed E-state index contributed by atoms with van der Waals surface area (Å²) in [6.45, 7) is 0. The van der Waals surface area contributed by atoms with Gasteiger partial charge in [0.1, 0.15) is 0 Å². The first-order chi connectivity index (χ1) is 5.36. The zero-order chi connectivity index (χ0) is 7.68. The number of benzene rings is 1. The Morgan fingerprint density at radius 1 is 1.08 bits per heavy atom. The molecule has 2 rings (SSSR count). The predicted molar refractivity (Wildman–Crippen MR) is 54.8 cm³/mol. The van der Waals surface area contributed by atoms with Gasteiger partial charge >= 0.3 is 0 Å². The van der Waals surface area contributed by atoms with Crippen molar-refractivity contribution < 1.29 is 0 Å². The molecular formula is C11H15Cl. The SMILES string of the molecule is C.Clc1ccc(C2CCC2)cc1. The van der Waals surface area contributed by atoms with Crippen LogP contribution in [-0.2, 0) is 0 Å². The molecule has 0 nitrogen and oxygen atoms in total. The van der Waals surface area contributed by atoms with Crippen molar-refractivity contribution in [3.05, 3.63) is 34.9 Å². The lowest BCUT2D eigenvalue weighted by molar-refractivity contribution is 0.420. The Bertz CT molecular complexity index is 234. The van der Waals surface area contributed by atoms with E-state index in [4.69, 9.17) is 11.6 Å². The van der Waals surface area contributed by atoms with Crippen LogP contribution in [0.15, 0.2) is 24.3 Å². The molecule has 1 aliphatic carbocycles. The maximum atomic E-state index is 5.78. The summed E-state index contributed by atoms with van der Waals surface area (Å²) in [6.07, 6.45) is 4.12. The third-order valence-electron chi connectivity index (χ3n) is 2.45. The minimum atomic E-state index is 0. The molecule has 0 heterocycles. The van der Waals surface area contributed by atoms with Crippen molar-refractivity contribution in [3.63, 3.8) is 0 Å². The molecule has 0 saturated heterocycles. The van der Waals surface area contributed by atoms with Gasteiger partial charge in [-0.25, -0.2) is 0 Å². The second-order valence-electron chi connectivity index (χ2n) is 3.18. The number of hydrogen-bond acceptors (Lipinski definition) is 0. The summed E-state index contributed by atoms with van der Waals surface area (Å²) < 4.78 is 0. The second-order valence-corrected chi connectivity index (χ2v) is 3.62. The molecule has 1 heteroatoms.